The summed E-state index contributed by atoms with van der Waals surface area (Å²) in [6.07, 6.45) is 20.3. The third kappa shape index (κ3) is 23.6. The van der Waals surface area contributed by atoms with Gasteiger partial charge in [0, 0.05) is 76.4 Å². The van der Waals surface area contributed by atoms with Gasteiger partial charge in [0.1, 0.15) is 29.8 Å². The van der Waals surface area contributed by atoms with Crippen molar-refractivity contribution < 1.29 is 49.0 Å². The van der Waals surface area contributed by atoms with Crippen LogP contribution in [0.25, 0.3) is 0 Å². The Morgan fingerprint density at radius 3 is 1.38 bits per heavy atom. The van der Waals surface area contributed by atoms with Gasteiger partial charge in [-0.15, -0.1) is 0 Å². The van der Waals surface area contributed by atoms with Crippen LogP contribution in [0.4, 0.5) is 0 Å². The molecule has 1 aliphatic carbocycles. The predicted molar refractivity (Wildman–Crippen MR) is 259 cm³/mol. The fourth-order valence-corrected chi connectivity index (χ4v) is 8.06. The third-order valence-electron chi connectivity index (χ3n) is 11.8. The minimum Gasteiger partial charge on any atom is -0.480 e. The van der Waals surface area contributed by atoms with Crippen LogP contribution in [-0.4, -0.2) is 79.0 Å². The minimum absolute atomic E-state index is 0.0172. The molecule has 2 amide bonds. The van der Waals surface area contributed by atoms with Crippen LogP contribution < -0.4 is 21.6 Å². The standard InChI is InChI=1S/C29H39N3O5.C24H31N3O5/c33-25(12-6-1-2-7-15-28(34)32-36)17-23-16-24(20-30-19-23)21-31-27(18-22-10-4-3-5-11-22)29(35)37-26-13-8-9-14-26;28-21(10-6-1-2-7-11-23(29)27-32)13-19-12-20(16-25-15-19)17-26-22(24(30)31)14-18-8-4-3-5-9-18/h3-5,10-11,16,19-20,26-27,31,36H,1-2,6-9,12-15,17-18,21H2,(H,32,34);3-5,8-9,12,15-16,22,26,32H,1-2,6-7,10-11,13-14,17H2,(H,27,29)(H,30,31)/t27-;22-/m00/s1. The van der Waals surface area contributed by atoms with E-state index >= 15 is 0 Å². The van der Waals surface area contributed by atoms with E-state index in [1.165, 1.54) is 0 Å². The number of amides is 2. The van der Waals surface area contributed by atoms with Crippen LogP contribution >= 0.6 is 0 Å². The molecule has 0 saturated heterocycles. The van der Waals surface area contributed by atoms with E-state index in [0.717, 1.165) is 97.6 Å². The van der Waals surface area contributed by atoms with Gasteiger partial charge in [0.2, 0.25) is 11.8 Å². The Balaban J connectivity index is 0.000000304. The molecule has 2 aromatic carbocycles. The Bertz CT molecular complexity index is 2170. The monoisotopic (exact) mass is 951 g/mol. The number of carbonyl (C=O) groups is 6. The summed E-state index contributed by atoms with van der Waals surface area (Å²) in [5.74, 6) is -1.62. The second-order valence-corrected chi connectivity index (χ2v) is 17.7. The Morgan fingerprint density at radius 2 is 0.942 bits per heavy atom. The molecule has 372 valence electrons. The molecule has 0 bridgehead atoms. The van der Waals surface area contributed by atoms with Gasteiger partial charge in [0.25, 0.3) is 0 Å². The predicted octanol–water partition coefficient (Wildman–Crippen LogP) is 7.05. The first-order valence-corrected chi connectivity index (χ1v) is 24.2. The van der Waals surface area contributed by atoms with Gasteiger partial charge in [0.15, 0.2) is 0 Å². The number of carbonyl (C=O) groups excluding carboxylic acids is 5. The van der Waals surface area contributed by atoms with Gasteiger partial charge < -0.3 is 9.84 Å². The van der Waals surface area contributed by atoms with E-state index in [1.54, 1.807) is 35.7 Å². The highest BCUT2D eigenvalue weighted by Crippen LogP contribution is 2.22. The topological polar surface area (TPSA) is 246 Å². The molecule has 7 N–H and O–H groups in total. The molecule has 1 saturated carbocycles. The van der Waals surface area contributed by atoms with Crippen molar-refractivity contribution in [1.82, 2.24) is 31.6 Å². The van der Waals surface area contributed by atoms with Crippen molar-refractivity contribution in [3.63, 3.8) is 0 Å². The first-order valence-electron chi connectivity index (χ1n) is 24.2. The number of ether oxygens (including phenoxy) is 1. The minimum atomic E-state index is -0.912. The van der Waals surface area contributed by atoms with E-state index < -0.39 is 24.0 Å². The highest BCUT2D eigenvalue weighted by atomic mass is 16.5. The molecule has 2 aromatic heterocycles. The summed E-state index contributed by atoms with van der Waals surface area (Å²) < 4.78 is 5.80. The first kappa shape index (κ1) is 55.4. The smallest absolute Gasteiger partial charge is 0.323 e. The number of ketones is 2. The molecule has 1 fully saturated rings. The number of hydroxylamine groups is 2. The molecule has 0 unspecified atom stereocenters. The van der Waals surface area contributed by atoms with Crippen molar-refractivity contribution in [3.05, 3.63) is 131 Å². The zero-order valence-electron chi connectivity index (χ0n) is 39.6. The van der Waals surface area contributed by atoms with Crippen molar-refractivity contribution in [2.75, 3.05) is 0 Å². The van der Waals surface area contributed by atoms with Gasteiger partial charge in [-0.3, -0.25) is 59.8 Å². The fraction of sp³-hybridized carbons (Fsp3) is 0.472. The van der Waals surface area contributed by atoms with Gasteiger partial charge in [-0.1, -0.05) is 98.5 Å². The third-order valence-corrected chi connectivity index (χ3v) is 11.8. The summed E-state index contributed by atoms with van der Waals surface area (Å²) in [6, 6.07) is 22.0. The molecule has 2 atom stereocenters. The Kier molecular flexibility index (Phi) is 26.1. The highest BCUT2D eigenvalue weighted by Gasteiger charge is 2.26. The lowest BCUT2D eigenvalue weighted by Gasteiger charge is -2.20. The van der Waals surface area contributed by atoms with Crippen LogP contribution in [0.5, 0.6) is 0 Å². The summed E-state index contributed by atoms with van der Waals surface area (Å²) in [5, 5.41) is 32.9. The summed E-state index contributed by atoms with van der Waals surface area (Å²) in [6.45, 7) is 0.800. The average Bonchev–Trinajstić information content (AvgIpc) is 3.87. The fourth-order valence-electron chi connectivity index (χ4n) is 8.06. The largest absolute Gasteiger partial charge is 0.480 e. The maximum absolute atomic E-state index is 13.0. The van der Waals surface area contributed by atoms with Crippen LogP contribution in [0.1, 0.15) is 136 Å². The van der Waals surface area contributed by atoms with Crippen molar-refractivity contribution in [1.29, 1.82) is 0 Å². The number of carboxylic acids is 1. The van der Waals surface area contributed by atoms with Crippen LogP contribution in [0.15, 0.2) is 97.6 Å². The molecule has 16 nitrogen and oxygen atoms in total. The molecule has 5 rings (SSSR count). The number of benzene rings is 2. The number of rotatable bonds is 31. The normalized spacial score (nSPS) is 13.1. The molecule has 0 aliphatic heterocycles. The molecule has 16 heteroatoms. The van der Waals surface area contributed by atoms with Gasteiger partial charge in [0.05, 0.1) is 0 Å². The second kappa shape index (κ2) is 32.5. The maximum Gasteiger partial charge on any atom is 0.323 e. The number of nitrogens with zero attached hydrogens (tertiary/aromatic N) is 2. The number of unbranched alkanes of at least 4 members (excludes halogenated alkanes) is 6. The van der Waals surface area contributed by atoms with Crippen LogP contribution in [0.2, 0.25) is 0 Å². The zero-order chi connectivity index (χ0) is 49.5. The molecule has 69 heavy (non-hydrogen) atoms. The van der Waals surface area contributed by atoms with Gasteiger partial charge in [-0.25, -0.2) is 11.0 Å². The van der Waals surface area contributed by atoms with Crippen LogP contribution in [0, 0.1) is 0 Å². The summed E-state index contributed by atoms with van der Waals surface area (Å²) in [5.41, 5.74) is 8.66. The van der Waals surface area contributed by atoms with Gasteiger partial charge in [-0.05, 0) is 97.6 Å². The molecule has 0 spiro atoms. The molecular formula is C53H70N6O10. The van der Waals surface area contributed by atoms with Crippen molar-refractivity contribution in [3.8, 4) is 0 Å². The summed E-state index contributed by atoms with van der Waals surface area (Å²) in [7, 11) is 0. The first-order chi connectivity index (χ1) is 33.5. The summed E-state index contributed by atoms with van der Waals surface area (Å²) in [4.78, 5) is 79.7. The number of nitrogens with one attached hydrogen (secondary N) is 4. The second-order valence-electron chi connectivity index (χ2n) is 17.7. The van der Waals surface area contributed by atoms with Crippen molar-refractivity contribution >= 4 is 35.3 Å². The zero-order valence-corrected chi connectivity index (χ0v) is 39.6. The molecule has 1 aliphatic rings. The van der Waals surface area contributed by atoms with Gasteiger partial charge in [-0.2, -0.15) is 0 Å². The number of pyridine rings is 2. The molecular weight excluding hydrogens is 881 g/mol. The van der Waals surface area contributed by atoms with E-state index in [4.69, 9.17) is 15.2 Å². The lowest BCUT2D eigenvalue weighted by molar-refractivity contribution is -0.151. The van der Waals surface area contributed by atoms with E-state index in [1.807, 2.05) is 72.8 Å². The highest BCUT2D eigenvalue weighted by molar-refractivity contribution is 5.81. The van der Waals surface area contributed by atoms with Gasteiger partial charge >= 0.3 is 11.9 Å². The SMILES string of the molecule is O=C(CCCCCCC(=O)NO)Cc1cncc(CN[C@@H](Cc2ccccc2)C(=O)O)c1.O=C(CCCCCCC(=O)NO)Cc1cncc(CN[C@@H](Cc2ccccc2)C(=O)OC2CCCC2)c1. The van der Waals surface area contributed by atoms with Crippen LogP contribution in [0.3, 0.4) is 0 Å². The van der Waals surface area contributed by atoms with Crippen molar-refractivity contribution in [2.24, 2.45) is 0 Å². The molecule has 2 heterocycles. The Labute approximate surface area is 405 Å². The van der Waals surface area contributed by atoms with E-state index in [-0.39, 0.29) is 36.0 Å². The van der Waals surface area contributed by atoms with Crippen molar-refractivity contribution in [2.45, 2.75) is 160 Å². The van der Waals surface area contributed by atoms with E-state index in [0.29, 0.717) is 70.9 Å². The number of esters is 1. The number of aromatic nitrogens is 2. The number of hydrogen-bond acceptors (Lipinski definition) is 13. The number of carboxylic acid groups (broad SMARTS) is 1. The quantitative estimate of drug-likeness (QED) is 0.0116. The Hall–Kier alpha value is -6.20. The Morgan fingerprint density at radius 1 is 0.536 bits per heavy atom. The molecule has 0 radical (unpaired) electrons. The van der Waals surface area contributed by atoms with E-state index in [2.05, 4.69) is 20.6 Å². The number of hydrogen-bond donors (Lipinski definition) is 7. The van der Waals surface area contributed by atoms with Crippen LogP contribution in [-0.2, 0) is 72.3 Å². The number of aliphatic carboxylic acids is 1. The maximum atomic E-state index is 13.0. The lowest BCUT2D eigenvalue weighted by Crippen LogP contribution is -2.40. The molecule has 4 aromatic rings. The summed E-state index contributed by atoms with van der Waals surface area (Å²) >= 11 is 0. The number of Topliss-reactive ketones (excluding diaryl/α,β-unsaturated/α-hetero) is 2. The average molecular weight is 951 g/mol. The van der Waals surface area contributed by atoms with E-state index in [9.17, 15) is 33.9 Å². The lowest BCUT2D eigenvalue weighted by atomic mass is 10.0.